The molecule has 1 rings (SSSR count). The summed E-state index contributed by atoms with van der Waals surface area (Å²) in [6.07, 6.45) is 3.18. The van der Waals surface area contributed by atoms with Gasteiger partial charge in [-0.15, -0.1) is 12.4 Å². The highest BCUT2D eigenvalue weighted by Crippen LogP contribution is 2.23. The van der Waals surface area contributed by atoms with Gasteiger partial charge in [0.25, 0.3) is 0 Å². The van der Waals surface area contributed by atoms with E-state index in [0.717, 1.165) is 12.8 Å². The average molecular weight is 350 g/mol. The van der Waals surface area contributed by atoms with Gasteiger partial charge in [-0.25, -0.2) is 9.59 Å². The van der Waals surface area contributed by atoms with E-state index >= 15 is 0 Å². The highest BCUT2D eigenvalue weighted by atomic mass is 35.5. The highest BCUT2D eigenvalue weighted by Gasteiger charge is 2.36. The fraction of sp³-hybridized carbons (Fsp3) is 0.733. The van der Waals surface area contributed by atoms with Crippen LogP contribution in [0.25, 0.3) is 0 Å². The van der Waals surface area contributed by atoms with Crippen LogP contribution in [-0.2, 0) is 14.3 Å². The minimum Gasteiger partial charge on any atom is -0.463 e. The van der Waals surface area contributed by atoms with E-state index in [1.165, 1.54) is 0 Å². The fourth-order valence-corrected chi connectivity index (χ4v) is 2.55. The van der Waals surface area contributed by atoms with Crippen LogP contribution in [0.5, 0.6) is 0 Å². The Morgan fingerprint density at radius 3 is 2.43 bits per heavy atom. The molecular weight excluding hydrogens is 322 g/mol. The Morgan fingerprint density at radius 1 is 1.35 bits per heavy atom. The zero-order valence-electron chi connectivity index (χ0n) is 13.9. The summed E-state index contributed by atoms with van der Waals surface area (Å²) in [4.78, 5) is 23.1. The van der Waals surface area contributed by atoms with Gasteiger partial charge in [-0.1, -0.05) is 13.8 Å². The highest BCUT2D eigenvalue weighted by molar-refractivity contribution is 5.89. The fourth-order valence-electron chi connectivity index (χ4n) is 2.55. The molecule has 0 aromatic heterocycles. The van der Waals surface area contributed by atoms with Gasteiger partial charge in [0.1, 0.15) is 0 Å². The largest absolute Gasteiger partial charge is 0.463 e. The van der Waals surface area contributed by atoms with Crippen molar-refractivity contribution in [1.82, 2.24) is 5.32 Å². The molecule has 134 valence electrons. The van der Waals surface area contributed by atoms with Gasteiger partial charge in [-0.05, 0) is 32.3 Å². The maximum atomic E-state index is 11.9. The molecule has 0 aromatic carbocycles. The molecule has 0 fully saturated rings. The van der Waals surface area contributed by atoms with Gasteiger partial charge in [-0.2, -0.15) is 0 Å². The van der Waals surface area contributed by atoms with Crippen LogP contribution in [-0.4, -0.2) is 42.9 Å². The standard InChI is InChI=1S/C15H27N3O4.ClH/c1-4-10(5-2)22-12-8-9(14(19)21-6-3)7-11(16)13(12)18-15(17)20;/h8,10-13H,4-7,16H2,1-3H3,(H3,17,18,20);1H/t11-,12+,13+;/m0./s1. The first kappa shape index (κ1) is 21.7. The molecule has 5 N–H and O–H groups in total. The summed E-state index contributed by atoms with van der Waals surface area (Å²) in [5.74, 6) is -0.395. The van der Waals surface area contributed by atoms with Gasteiger partial charge in [0.05, 0.1) is 24.9 Å². The summed E-state index contributed by atoms with van der Waals surface area (Å²) in [5, 5.41) is 2.62. The van der Waals surface area contributed by atoms with Crippen molar-refractivity contribution in [3.63, 3.8) is 0 Å². The second-order valence-corrected chi connectivity index (χ2v) is 5.35. The molecule has 0 aliphatic heterocycles. The molecule has 0 saturated carbocycles. The van der Waals surface area contributed by atoms with Gasteiger partial charge >= 0.3 is 12.0 Å². The number of carbonyl (C=O) groups is 2. The van der Waals surface area contributed by atoms with Crippen LogP contribution in [0, 0.1) is 0 Å². The molecule has 2 amide bonds. The number of urea groups is 1. The quantitative estimate of drug-likeness (QED) is 0.598. The van der Waals surface area contributed by atoms with Crippen molar-refractivity contribution in [1.29, 1.82) is 0 Å². The normalized spacial score (nSPS) is 23.7. The van der Waals surface area contributed by atoms with Crippen LogP contribution in [0.2, 0.25) is 0 Å². The molecular formula is C15H28ClN3O4. The maximum Gasteiger partial charge on any atom is 0.333 e. The Balaban J connectivity index is 0.00000484. The Labute approximate surface area is 143 Å². The van der Waals surface area contributed by atoms with E-state index in [-0.39, 0.29) is 18.5 Å². The predicted octanol–water partition coefficient (Wildman–Crippen LogP) is 1.24. The van der Waals surface area contributed by atoms with Crippen molar-refractivity contribution in [2.45, 2.75) is 64.3 Å². The first-order chi connectivity index (χ1) is 10.4. The number of nitrogens with one attached hydrogen (secondary N) is 1. The lowest BCUT2D eigenvalue weighted by atomic mass is 9.88. The zero-order chi connectivity index (χ0) is 16.7. The minimum absolute atomic E-state index is 0. The smallest absolute Gasteiger partial charge is 0.333 e. The molecule has 1 aliphatic carbocycles. The zero-order valence-corrected chi connectivity index (χ0v) is 14.7. The van der Waals surface area contributed by atoms with Crippen molar-refractivity contribution >= 4 is 24.4 Å². The Bertz CT molecular complexity index is 427. The van der Waals surface area contributed by atoms with E-state index in [4.69, 9.17) is 20.9 Å². The third-order valence-corrected chi connectivity index (χ3v) is 3.74. The third kappa shape index (κ3) is 6.37. The lowest BCUT2D eigenvalue weighted by Gasteiger charge is -2.36. The van der Waals surface area contributed by atoms with E-state index in [1.54, 1.807) is 13.0 Å². The third-order valence-electron chi connectivity index (χ3n) is 3.74. The number of primary amides is 1. The van der Waals surface area contributed by atoms with Crippen LogP contribution in [0.4, 0.5) is 4.79 Å². The molecule has 0 unspecified atom stereocenters. The van der Waals surface area contributed by atoms with Gasteiger partial charge in [-0.3, -0.25) is 0 Å². The van der Waals surface area contributed by atoms with Crippen LogP contribution < -0.4 is 16.8 Å². The van der Waals surface area contributed by atoms with Crippen LogP contribution in [0.1, 0.15) is 40.0 Å². The summed E-state index contributed by atoms with van der Waals surface area (Å²) in [6, 6.07) is -1.58. The average Bonchev–Trinajstić information content (AvgIpc) is 2.47. The number of ether oxygens (including phenoxy) is 2. The Hall–Kier alpha value is -1.31. The summed E-state index contributed by atoms with van der Waals surface area (Å²) < 4.78 is 11.0. The first-order valence-corrected chi connectivity index (χ1v) is 7.77. The van der Waals surface area contributed by atoms with Crippen LogP contribution in [0.3, 0.4) is 0 Å². The number of hydrogen-bond acceptors (Lipinski definition) is 5. The number of carbonyl (C=O) groups excluding carboxylic acids is 2. The summed E-state index contributed by atoms with van der Waals surface area (Å²) in [6.45, 7) is 6.08. The molecule has 0 heterocycles. The number of amides is 2. The monoisotopic (exact) mass is 349 g/mol. The van der Waals surface area contributed by atoms with E-state index in [9.17, 15) is 9.59 Å². The molecule has 3 atom stereocenters. The summed E-state index contributed by atoms with van der Waals surface area (Å²) >= 11 is 0. The van der Waals surface area contributed by atoms with E-state index in [1.807, 2.05) is 13.8 Å². The lowest BCUT2D eigenvalue weighted by molar-refractivity contribution is -0.139. The summed E-state index contributed by atoms with van der Waals surface area (Å²) in [7, 11) is 0. The van der Waals surface area contributed by atoms with Crippen molar-refractivity contribution in [2.75, 3.05) is 6.61 Å². The number of hydrogen-bond donors (Lipinski definition) is 3. The van der Waals surface area contributed by atoms with Gasteiger partial charge < -0.3 is 26.3 Å². The lowest BCUT2D eigenvalue weighted by Crippen LogP contribution is -2.58. The van der Waals surface area contributed by atoms with Crippen molar-refractivity contribution in [3.05, 3.63) is 11.6 Å². The molecule has 0 saturated heterocycles. The van der Waals surface area contributed by atoms with Crippen LogP contribution >= 0.6 is 12.4 Å². The number of halogens is 1. The SMILES string of the molecule is CCOC(=O)C1=C[C@@H](OC(CC)CC)[C@H](NC(N)=O)[C@@H](N)C1.Cl. The maximum absolute atomic E-state index is 11.9. The van der Waals surface area contributed by atoms with E-state index < -0.39 is 30.2 Å². The molecule has 23 heavy (non-hydrogen) atoms. The predicted molar refractivity (Wildman–Crippen MR) is 90.3 cm³/mol. The van der Waals surface area contributed by atoms with Crippen molar-refractivity contribution in [2.24, 2.45) is 11.5 Å². The Kier molecular flexibility index (Phi) is 9.87. The molecule has 0 aromatic rings. The first-order valence-electron chi connectivity index (χ1n) is 7.77. The molecule has 0 spiro atoms. The number of esters is 1. The number of nitrogens with two attached hydrogens (primary N) is 2. The van der Waals surface area contributed by atoms with E-state index in [0.29, 0.717) is 18.6 Å². The van der Waals surface area contributed by atoms with Gasteiger partial charge in [0.2, 0.25) is 0 Å². The van der Waals surface area contributed by atoms with Gasteiger partial charge in [0, 0.05) is 11.6 Å². The van der Waals surface area contributed by atoms with Crippen LogP contribution in [0.15, 0.2) is 11.6 Å². The van der Waals surface area contributed by atoms with Crippen molar-refractivity contribution in [3.8, 4) is 0 Å². The van der Waals surface area contributed by atoms with E-state index in [2.05, 4.69) is 5.32 Å². The minimum atomic E-state index is -0.661. The summed E-state index contributed by atoms with van der Waals surface area (Å²) in [5.41, 5.74) is 11.8. The molecule has 7 nitrogen and oxygen atoms in total. The second kappa shape index (κ2) is 10.5. The molecule has 8 heteroatoms. The number of rotatable bonds is 7. The Morgan fingerprint density at radius 2 is 1.96 bits per heavy atom. The molecule has 0 radical (unpaired) electrons. The topological polar surface area (TPSA) is 117 Å². The second-order valence-electron chi connectivity index (χ2n) is 5.35. The molecule has 1 aliphatic rings. The molecule has 0 bridgehead atoms. The van der Waals surface area contributed by atoms with Gasteiger partial charge in [0.15, 0.2) is 0 Å². The van der Waals surface area contributed by atoms with Crippen molar-refractivity contribution < 1.29 is 19.1 Å².